The van der Waals surface area contributed by atoms with Crippen LogP contribution >= 0.6 is 11.3 Å². The number of aliphatic hydroxyl groups excluding tert-OH is 1. The van der Waals surface area contributed by atoms with E-state index in [2.05, 4.69) is 10.2 Å². The molecule has 39 heavy (non-hydrogen) atoms. The Labute approximate surface area is 229 Å². The van der Waals surface area contributed by atoms with E-state index in [-0.39, 0.29) is 17.4 Å². The Morgan fingerprint density at radius 3 is 2.56 bits per heavy atom. The molecule has 0 aliphatic carbocycles. The van der Waals surface area contributed by atoms with Crippen molar-refractivity contribution in [2.75, 3.05) is 4.90 Å². The zero-order valence-electron chi connectivity index (χ0n) is 21.3. The first-order valence-corrected chi connectivity index (χ1v) is 13.4. The second-order valence-corrected chi connectivity index (χ2v) is 10.7. The van der Waals surface area contributed by atoms with Gasteiger partial charge in [0.25, 0.3) is 5.78 Å². The van der Waals surface area contributed by atoms with E-state index in [1.165, 1.54) is 16.2 Å². The number of carbonyl (C=O) groups is 2. The number of aryl methyl sites for hydroxylation is 1. The van der Waals surface area contributed by atoms with Crippen LogP contribution < -0.4 is 14.4 Å². The van der Waals surface area contributed by atoms with Crippen molar-refractivity contribution in [3.63, 3.8) is 0 Å². The van der Waals surface area contributed by atoms with Gasteiger partial charge in [0, 0.05) is 12.0 Å². The summed E-state index contributed by atoms with van der Waals surface area (Å²) in [7, 11) is 0. The lowest BCUT2D eigenvalue weighted by atomic mass is 9.94. The molecule has 3 heterocycles. The Morgan fingerprint density at radius 1 is 1.08 bits per heavy atom. The predicted octanol–water partition coefficient (Wildman–Crippen LogP) is 5.38. The zero-order valence-corrected chi connectivity index (χ0v) is 22.1. The third kappa shape index (κ3) is 4.66. The van der Waals surface area contributed by atoms with Crippen LogP contribution in [0.4, 0.5) is 5.13 Å². The molecule has 9 heteroatoms. The SMILES string of the molecule is Cc1nnc(N2C(=O)C(=O)C(=C(O)c3ccc4c(c3)CC(C)O4)C2c2ccc(OCc3ccccc3)cc2)s1. The van der Waals surface area contributed by atoms with Gasteiger partial charge < -0.3 is 14.6 Å². The monoisotopic (exact) mass is 539 g/mol. The number of aromatic nitrogens is 2. The van der Waals surface area contributed by atoms with Crippen molar-refractivity contribution in [2.45, 2.75) is 39.0 Å². The van der Waals surface area contributed by atoms with E-state index in [1.54, 1.807) is 43.3 Å². The van der Waals surface area contributed by atoms with Crippen LogP contribution in [0.3, 0.4) is 0 Å². The van der Waals surface area contributed by atoms with E-state index >= 15 is 0 Å². The van der Waals surface area contributed by atoms with Gasteiger partial charge >= 0.3 is 5.91 Å². The number of ketones is 1. The van der Waals surface area contributed by atoms with Gasteiger partial charge in [-0.25, -0.2) is 0 Å². The molecule has 0 saturated carbocycles. The highest BCUT2D eigenvalue weighted by molar-refractivity contribution is 7.15. The second-order valence-electron chi connectivity index (χ2n) is 9.57. The number of nitrogens with zero attached hydrogens (tertiary/aromatic N) is 3. The molecule has 1 amide bonds. The zero-order chi connectivity index (χ0) is 27.1. The molecule has 1 aromatic heterocycles. The standard InChI is InChI=1S/C30H25N3O5S/c1-17-14-22-15-21(10-13-24(22)38-17)27(34)25-26(33(29(36)28(25)35)30-32-31-18(2)39-30)20-8-11-23(12-9-20)37-16-19-6-4-3-5-7-19/h3-13,15,17,26,34H,14,16H2,1-2H3. The highest BCUT2D eigenvalue weighted by Crippen LogP contribution is 2.44. The molecule has 2 atom stereocenters. The van der Waals surface area contributed by atoms with Crippen LogP contribution in [0, 0.1) is 6.92 Å². The molecule has 0 radical (unpaired) electrons. The summed E-state index contributed by atoms with van der Waals surface area (Å²) >= 11 is 1.21. The summed E-state index contributed by atoms with van der Waals surface area (Å²) in [5.74, 6) is -0.389. The number of amides is 1. The van der Waals surface area contributed by atoms with Crippen molar-refractivity contribution in [3.8, 4) is 11.5 Å². The van der Waals surface area contributed by atoms with Gasteiger partial charge in [-0.2, -0.15) is 0 Å². The normalized spacial score (nSPS) is 19.7. The molecule has 1 N–H and O–H groups in total. The largest absolute Gasteiger partial charge is 0.507 e. The van der Waals surface area contributed by atoms with Crippen LogP contribution in [0.25, 0.3) is 5.76 Å². The number of fused-ring (bicyclic) bond motifs is 1. The van der Waals surface area contributed by atoms with Crippen molar-refractivity contribution < 1.29 is 24.2 Å². The van der Waals surface area contributed by atoms with E-state index < -0.39 is 17.7 Å². The number of carbonyl (C=O) groups excluding carboxylic acids is 2. The van der Waals surface area contributed by atoms with Gasteiger partial charge in [-0.15, -0.1) is 10.2 Å². The highest BCUT2D eigenvalue weighted by atomic mass is 32.1. The average molecular weight is 540 g/mol. The lowest BCUT2D eigenvalue weighted by Gasteiger charge is -2.22. The maximum Gasteiger partial charge on any atom is 0.301 e. The fourth-order valence-electron chi connectivity index (χ4n) is 4.94. The Bertz CT molecular complexity index is 1600. The molecule has 3 aromatic carbocycles. The third-order valence-corrected chi connectivity index (χ3v) is 7.62. The van der Waals surface area contributed by atoms with Gasteiger partial charge in [0.1, 0.15) is 35.0 Å². The molecule has 196 valence electrons. The highest BCUT2D eigenvalue weighted by Gasteiger charge is 2.48. The molecular formula is C30H25N3O5S. The quantitative estimate of drug-likeness (QED) is 0.200. The van der Waals surface area contributed by atoms with Crippen molar-refractivity contribution in [2.24, 2.45) is 0 Å². The number of rotatable bonds is 6. The number of benzene rings is 3. The van der Waals surface area contributed by atoms with E-state index in [9.17, 15) is 14.7 Å². The van der Waals surface area contributed by atoms with Crippen LogP contribution in [0.1, 0.15) is 40.2 Å². The molecular weight excluding hydrogens is 514 g/mol. The second kappa shape index (κ2) is 9.99. The van der Waals surface area contributed by atoms with Gasteiger partial charge in [-0.1, -0.05) is 53.8 Å². The van der Waals surface area contributed by atoms with Gasteiger partial charge in [0.15, 0.2) is 0 Å². The fraction of sp³-hybridized carbons (Fsp3) is 0.200. The lowest BCUT2D eigenvalue weighted by molar-refractivity contribution is -0.132. The van der Waals surface area contributed by atoms with Crippen molar-refractivity contribution in [1.82, 2.24) is 10.2 Å². The summed E-state index contributed by atoms with van der Waals surface area (Å²) in [5, 5.41) is 20.6. The number of hydrogen-bond acceptors (Lipinski definition) is 8. The molecule has 1 fully saturated rings. The van der Waals surface area contributed by atoms with Gasteiger partial charge in [0.05, 0.1) is 11.6 Å². The number of ether oxygens (including phenoxy) is 2. The van der Waals surface area contributed by atoms with Gasteiger partial charge in [0.2, 0.25) is 5.13 Å². The van der Waals surface area contributed by atoms with Gasteiger partial charge in [-0.3, -0.25) is 14.5 Å². The molecule has 2 unspecified atom stereocenters. The lowest BCUT2D eigenvalue weighted by Crippen LogP contribution is -2.29. The average Bonchev–Trinajstić information content (AvgIpc) is 3.62. The molecule has 0 bridgehead atoms. The summed E-state index contributed by atoms with van der Waals surface area (Å²) in [6, 6.07) is 21.4. The van der Waals surface area contributed by atoms with Crippen LogP contribution in [-0.4, -0.2) is 33.1 Å². The molecule has 1 saturated heterocycles. The third-order valence-electron chi connectivity index (χ3n) is 6.78. The summed E-state index contributed by atoms with van der Waals surface area (Å²) in [4.78, 5) is 28.0. The van der Waals surface area contributed by atoms with Crippen molar-refractivity contribution in [3.05, 3.63) is 106 Å². The minimum Gasteiger partial charge on any atom is -0.507 e. The van der Waals surface area contributed by atoms with Crippen LogP contribution in [-0.2, 0) is 22.6 Å². The topological polar surface area (TPSA) is 102 Å². The first-order valence-electron chi connectivity index (χ1n) is 12.6. The maximum atomic E-state index is 13.4. The first-order chi connectivity index (χ1) is 18.9. The summed E-state index contributed by atoms with van der Waals surface area (Å²) < 4.78 is 11.7. The molecule has 2 aliphatic rings. The summed E-state index contributed by atoms with van der Waals surface area (Å²) in [6.45, 7) is 4.16. The fourth-order valence-corrected chi connectivity index (χ4v) is 5.65. The first kappa shape index (κ1) is 24.8. The Balaban J connectivity index is 1.39. The van der Waals surface area contributed by atoms with Crippen LogP contribution in [0.15, 0.2) is 78.4 Å². The number of aliphatic hydroxyl groups is 1. The summed E-state index contributed by atoms with van der Waals surface area (Å²) in [6.07, 6.45) is 0.731. The molecule has 2 aliphatic heterocycles. The Hall–Kier alpha value is -4.50. The minimum absolute atomic E-state index is 0.00211. The van der Waals surface area contributed by atoms with E-state index in [1.807, 2.05) is 43.3 Å². The van der Waals surface area contributed by atoms with E-state index in [0.29, 0.717) is 40.0 Å². The summed E-state index contributed by atoms with van der Waals surface area (Å²) in [5.41, 5.74) is 3.06. The Kier molecular flexibility index (Phi) is 6.36. The number of hydrogen-bond donors (Lipinski definition) is 1. The molecule has 6 rings (SSSR count). The van der Waals surface area contributed by atoms with Gasteiger partial charge in [-0.05, 0) is 60.9 Å². The number of Topliss-reactive ketones (excluding diaryl/α,β-unsaturated/α-hetero) is 1. The minimum atomic E-state index is -0.885. The van der Waals surface area contributed by atoms with E-state index in [4.69, 9.17) is 9.47 Å². The van der Waals surface area contributed by atoms with Crippen LogP contribution in [0.5, 0.6) is 11.5 Å². The maximum absolute atomic E-state index is 13.4. The van der Waals surface area contributed by atoms with Crippen molar-refractivity contribution in [1.29, 1.82) is 0 Å². The van der Waals surface area contributed by atoms with Crippen molar-refractivity contribution >= 4 is 33.9 Å². The van der Waals surface area contributed by atoms with E-state index in [0.717, 1.165) is 16.9 Å². The molecule has 4 aromatic rings. The van der Waals surface area contributed by atoms with Crippen LogP contribution in [0.2, 0.25) is 0 Å². The molecule has 0 spiro atoms. The predicted molar refractivity (Wildman–Crippen MR) is 147 cm³/mol. The number of anilines is 1. The smallest absolute Gasteiger partial charge is 0.301 e. The Morgan fingerprint density at radius 2 is 1.85 bits per heavy atom. The molecule has 8 nitrogen and oxygen atoms in total.